The van der Waals surface area contributed by atoms with E-state index >= 15 is 0 Å². The van der Waals surface area contributed by atoms with Crippen LogP contribution in [0.5, 0.6) is 0 Å². The molecular formula is C22H27N3OS. The number of thioether (sulfide) groups is 1. The van der Waals surface area contributed by atoms with E-state index in [1.165, 1.54) is 24.8 Å². The highest BCUT2D eigenvalue weighted by Crippen LogP contribution is 2.25. The van der Waals surface area contributed by atoms with Gasteiger partial charge in [-0.25, -0.2) is 4.98 Å². The molecule has 5 heteroatoms. The van der Waals surface area contributed by atoms with Crippen LogP contribution in [0.3, 0.4) is 0 Å². The molecule has 27 heavy (non-hydrogen) atoms. The van der Waals surface area contributed by atoms with E-state index in [1.807, 2.05) is 47.0 Å². The molecule has 0 spiro atoms. The van der Waals surface area contributed by atoms with Gasteiger partial charge in [-0.1, -0.05) is 74.0 Å². The molecule has 3 aromatic rings. The molecule has 0 unspecified atom stereocenters. The maximum absolute atomic E-state index is 12.5. The normalized spacial score (nSPS) is 11.0. The number of unbranched alkanes of at least 4 members (excludes halogenated alkanes) is 2. The molecule has 142 valence electrons. The number of nitrogens with zero attached hydrogens (tertiary/aromatic N) is 2. The molecule has 2 aromatic carbocycles. The average Bonchev–Trinajstić information content (AvgIpc) is 3.03. The molecule has 0 fully saturated rings. The number of carbonyl (C=O) groups is 1. The molecule has 1 amide bonds. The Bertz CT molecular complexity index is 860. The monoisotopic (exact) mass is 381 g/mol. The van der Waals surface area contributed by atoms with Gasteiger partial charge in [0.1, 0.15) is 6.54 Å². The van der Waals surface area contributed by atoms with Gasteiger partial charge in [-0.05, 0) is 30.5 Å². The number of carbonyl (C=O) groups excluding carboxylic acids is 1. The number of nitrogens with one attached hydrogen (secondary N) is 1. The highest BCUT2D eigenvalue weighted by molar-refractivity contribution is 7.99. The minimum atomic E-state index is 0.0319. The zero-order valence-electron chi connectivity index (χ0n) is 15.9. The number of hydrogen-bond acceptors (Lipinski definition) is 3. The van der Waals surface area contributed by atoms with Crippen LogP contribution < -0.4 is 5.32 Å². The zero-order valence-corrected chi connectivity index (χ0v) is 16.7. The Morgan fingerprint density at radius 2 is 1.85 bits per heavy atom. The van der Waals surface area contributed by atoms with Crippen molar-refractivity contribution in [3.63, 3.8) is 0 Å². The molecule has 0 aliphatic rings. The van der Waals surface area contributed by atoms with Gasteiger partial charge < -0.3 is 9.88 Å². The standard InChI is InChI=1S/C22H27N3OS/c1-2-3-9-16-27-22-24-19-12-7-8-13-20(19)25(22)17-21(26)23-15-14-18-10-5-4-6-11-18/h4-8,10-13H,2-3,9,14-17H2,1H3,(H,23,26). The van der Waals surface area contributed by atoms with E-state index < -0.39 is 0 Å². The third-order valence-electron chi connectivity index (χ3n) is 4.48. The van der Waals surface area contributed by atoms with E-state index in [1.54, 1.807) is 11.8 Å². The number of fused-ring (bicyclic) bond motifs is 1. The fourth-order valence-electron chi connectivity index (χ4n) is 3.02. The first kappa shape index (κ1) is 19.5. The fourth-order valence-corrected chi connectivity index (χ4v) is 4.04. The van der Waals surface area contributed by atoms with Gasteiger partial charge >= 0.3 is 0 Å². The summed E-state index contributed by atoms with van der Waals surface area (Å²) in [6, 6.07) is 18.3. The van der Waals surface area contributed by atoms with Crippen LogP contribution in [0, 0.1) is 0 Å². The third kappa shape index (κ3) is 5.60. The minimum Gasteiger partial charge on any atom is -0.354 e. The van der Waals surface area contributed by atoms with Crippen LogP contribution in [-0.4, -0.2) is 27.8 Å². The molecule has 0 bridgehead atoms. The van der Waals surface area contributed by atoms with Gasteiger partial charge in [0.15, 0.2) is 5.16 Å². The van der Waals surface area contributed by atoms with Crippen molar-refractivity contribution in [2.24, 2.45) is 0 Å². The first-order chi connectivity index (χ1) is 13.3. The van der Waals surface area contributed by atoms with Crippen molar-refractivity contribution in [1.29, 1.82) is 0 Å². The van der Waals surface area contributed by atoms with E-state index in [0.29, 0.717) is 13.1 Å². The molecule has 0 aliphatic heterocycles. The summed E-state index contributed by atoms with van der Waals surface area (Å²) < 4.78 is 2.05. The number of amides is 1. The first-order valence-electron chi connectivity index (χ1n) is 9.66. The van der Waals surface area contributed by atoms with E-state index in [-0.39, 0.29) is 5.91 Å². The number of rotatable bonds is 10. The topological polar surface area (TPSA) is 46.9 Å². The van der Waals surface area contributed by atoms with E-state index in [4.69, 9.17) is 4.98 Å². The van der Waals surface area contributed by atoms with Crippen molar-refractivity contribution in [3.8, 4) is 0 Å². The second-order valence-electron chi connectivity index (χ2n) is 6.61. The molecule has 1 aromatic heterocycles. The SMILES string of the molecule is CCCCCSc1nc2ccccc2n1CC(=O)NCCc1ccccc1. The maximum Gasteiger partial charge on any atom is 0.240 e. The summed E-state index contributed by atoms with van der Waals surface area (Å²) in [5, 5.41) is 3.98. The zero-order chi connectivity index (χ0) is 18.9. The number of aromatic nitrogens is 2. The first-order valence-corrected chi connectivity index (χ1v) is 10.6. The Morgan fingerprint density at radius 3 is 2.67 bits per heavy atom. The van der Waals surface area contributed by atoms with Gasteiger partial charge in [-0.15, -0.1) is 0 Å². The van der Waals surface area contributed by atoms with Crippen molar-refractivity contribution in [2.45, 2.75) is 44.3 Å². The number of imidazole rings is 1. The summed E-state index contributed by atoms with van der Waals surface area (Å²) in [4.78, 5) is 17.2. The van der Waals surface area contributed by atoms with Crippen LogP contribution in [0.4, 0.5) is 0 Å². The second-order valence-corrected chi connectivity index (χ2v) is 7.67. The predicted molar refractivity (Wildman–Crippen MR) is 113 cm³/mol. The Hall–Kier alpha value is -2.27. The molecule has 4 nitrogen and oxygen atoms in total. The van der Waals surface area contributed by atoms with Crippen LogP contribution in [0.25, 0.3) is 11.0 Å². The quantitative estimate of drug-likeness (QED) is 0.410. The average molecular weight is 382 g/mol. The van der Waals surface area contributed by atoms with Crippen molar-refractivity contribution < 1.29 is 4.79 Å². The summed E-state index contributed by atoms with van der Waals surface area (Å²) in [5.74, 6) is 1.07. The molecule has 0 saturated heterocycles. The highest BCUT2D eigenvalue weighted by atomic mass is 32.2. The van der Waals surface area contributed by atoms with Gasteiger partial charge in [0.25, 0.3) is 0 Å². The minimum absolute atomic E-state index is 0.0319. The van der Waals surface area contributed by atoms with Crippen LogP contribution >= 0.6 is 11.8 Å². The summed E-state index contributed by atoms with van der Waals surface area (Å²) >= 11 is 1.75. The molecule has 1 N–H and O–H groups in total. The number of benzene rings is 2. The Morgan fingerprint density at radius 1 is 1.07 bits per heavy atom. The van der Waals surface area contributed by atoms with Crippen LogP contribution in [0.1, 0.15) is 31.7 Å². The van der Waals surface area contributed by atoms with Crippen LogP contribution in [0.15, 0.2) is 59.8 Å². The number of para-hydroxylation sites is 2. The van der Waals surface area contributed by atoms with E-state index in [9.17, 15) is 4.79 Å². The molecule has 0 aliphatic carbocycles. The number of hydrogen-bond donors (Lipinski definition) is 1. The molecule has 1 heterocycles. The smallest absolute Gasteiger partial charge is 0.240 e. The van der Waals surface area contributed by atoms with Gasteiger partial charge in [-0.2, -0.15) is 0 Å². The fraction of sp³-hybridized carbons (Fsp3) is 0.364. The van der Waals surface area contributed by atoms with Crippen molar-refractivity contribution in [1.82, 2.24) is 14.9 Å². The maximum atomic E-state index is 12.5. The second kappa shape index (κ2) is 10.2. The van der Waals surface area contributed by atoms with E-state index in [2.05, 4.69) is 24.4 Å². The lowest BCUT2D eigenvalue weighted by Crippen LogP contribution is -2.29. The van der Waals surface area contributed by atoms with Gasteiger partial charge in [0.2, 0.25) is 5.91 Å². The summed E-state index contributed by atoms with van der Waals surface area (Å²) in [6.45, 7) is 3.17. The summed E-state index contributed by atoms with van der Waals surface area (Å²) in [7, 11) is 0. The van der Waals surface area contributed by atoms with Crippen molar-refractivity contribution in [3.05, 3.63) is 60.2 Å². The molecule has 0 saturated carbocycles. The Kier molecular flexibility index (Phi) is 7.34. The lowest BCUT2D eigenvalue weighted by Gasteiger charge is -2.10. The van der Waals surface area contributed by atoms with Gasteiger partial charge in [0, 0.05) is 12.3 Å². The van der Waals surface area contributed by atoms with Crippen LogP contribution in [-0.2, 0) is 17.8 Å². The summed E-state index contributed by atoms with van der Waals surface area (Å²) in [6.07, 6.45) is 4.46. The predicted octanol–water partition coefficient (Wildman–Crippen LogP) is 4.68. The third-order valence-corrected chi connectivity index (χ3v) is 5.54. The van der Waals surface area contributed by atoms with Crippen LogP contribution in [0.2, 0.25) is 0 Å². The molecular weight excluding hydrogens is 354 g/mol. The molecule has 0 radical (unpaired) electrons. The van der Waals surface area contributed by atoms with Crippen molar-refractivity contribution >= 4 is 28.7 Å². The van der Waals surface area contributed by atoms with Crippen molar-refractivity contribution in [2.75, 3.05) is 12.3 Å². The summed E-state index contributed by atoms with van der Waals surface area (Å²) in [5.41, 5.74) is 3.21. The Labute approximate surface area is 165 Å². The lowest BCUT2D eigenvalue weighted by atomic mass is 10.1. The molecule has 3 rings (SSSR count). The molecule has 0 atom stereocenters. The lowest BCUT2D eigenvalue weighted by molar-refractivity contribution is -0.121. The van der Waals surface area contributed by atoms with Gasteiger partial charge in [-0.3, -0.25) is 4.79 Å². The van der Waals surface area contributed by atoms with Gasteiger partial charge in [0.05, 0.1) is 11.0 Å². The largest absolute Gasteiger partial charge is 0.354 e. The van der Waals surface area contributed by atoms with E-state index in [0.717, 1.165) is 28.4 Å². The highest BCUT2D eigenvalue weighted by Gasteiger charge is 2.13. The Balaban J connectivity index is 1.62.